The molecule has 7 heteroatoms. The quantitative estimate of drug-likeness (QED) is 0.546. The van der Waals surface area contributed by atoms with E-state index >= 15 is 0 Å². The number of hydrogen-bond donors (Lipinski definition) is 1. The molecule has 0 aliphatic rings. The molecule has 3 nitrogen and oxygen atoms in total. The van der Waals surface area contributed by atoms with Crippen LogP contribution in [0.3, 0.4) is 0 Å². The lowest BCUT2D eigenvalue weighted by molar-refractivity contribution is 0.272. The molecule has 2 aromatic heterocycles. The van der Waals surface area contributed by atoms with Crippen molar-refractivity contribution in [1.82, 2.24) is 4.98 Å². The number of halogens is 3. The normalized spacial score (nSPS) is 11.0. The van der Waals surface area contributed by atoms with Crippen molar-refractivity contribution in [2.75, 3.05) is 6.61 Å². The molecule has 0 unspecified atom stereocenters. The molecule has 1 aromatic carbocycles. The van der Waals surface area contributed by atoms with Gasteiger partial charge in [-0.25, -0.2) is 13.2 Å². The van der Waals surface area contributed by atoms with Crippen LogP contribution in [0.4, 0.5) is 13.2 Å². The summed E-state index contributed by atoms with van der Waals surface area (Å²) in [5, 5.41) is 10.6. The first-order valence-corrected chi connectivity index (χ1v) is 9.71. The van der Waals surface area contributed by atoms with E-state index in [2.05, 4.69) is 4.98 Å². The summed E-state index contributed by atoms with van der Waals surface area (Å²) in [5.74, 6) is -2.12. The standard InChI is InChI=1S/C21H20F3NO2S/c1-13-4-5-15(10-25-13)17-12-28-20(9-22)16(17)11-27-21-18(23)7-14(3-2-6-26)8-19(21)24/h4-5,7-8,10,12,26H,2-3,6,9,11H2,1H3. The van der Waals surface area contributed by atoms with E-state index in [1.54, 1.807) is 11.6 Å². The maximum absolute atomic E-state index is 14.3. The molecule has 1 N–H and O–H groups in total. The lowest BCUT2D eigenvalue weighted by Crippen LogP contribution is -2.03. The molecule has 28 heavy (non-hydrogen) atoms. The van der Waals surface area contributed by atoms with Gasteiger partial charge >= 0.3 is 0 Å². The average Bonchev–Trinajstić information content (AvgIpc) is 3.09. The first kappa shape index (κ1) is 20.4. The number of nitrogens with zero attached hydrogens (tertiary/aromatic N) is 1. The van der Waals surface area contributed by atoms with E-state index in [9.17, 15) is 13.2 Å². The summed E-state index contributed by atoms with van der Waals surface area (Å²) in [6.07, 6.45) is 2.47. The van der Waals surface area contributed by atoms with Gasteiger partial charge in [0.1, 0.15) is 13.3 Å². The first-order chi connectivity index (χ1) is 13.5. The fourth-order valence-corrected chi connectivity index (χ4v) is 3.80. The monoisotopic (exact) mass is 407 g/mol. The minimum absolute atomic E-state index is 0.0533. The number of rotatable bonds is 8. The largest absolute Gasteiger partial charge is 0.483 e. The van der Waals surface area contributed by atoms with Crippen molar-refractivity contribution in [2.45, 2.75) is 33.0 Å². The number of aliphatic hydroxyl groups excluding tert-OH is 1. The summed E-state index contributed by atoms with van der Waals surface area (Å²) in [4.78, 5) is 4.70. The predicted octanol–water partition coefficient (Wildman–Crippen LogP) is 5.37. The Morgan fingerprint density at radius 2 is 1.93 bits per heavy atom. The summed E-state index contributed by atoms with van der Waals surface area (Å²) >= 11 is 1.24. The summed E-state index contributed by atoms with van der Waals surface area (Å²) in [7, 11) is 0. The number of hydrogen-bond acceptors (Lipinski definition) is 4. The van der Waals surface area contributed by atoms with Crippen molar-refractivity contribution >= 4 is 11.3 Å². The molecule has 0 spiro atoms. The van der Waals surface area contributed by atoms with Crippen LogP contribution in [0.5, 0.6) is 5.75 Å². The Hall–Kier alpha value is -2.38. The highest BCUT2D eigenvalue weighted by Gasteiger charge is 2.18. The van der Waals surface area contributed by atoms with Gasteiger partial charge in [-0.3, -0.25) is 4.98 Å². The summed E-state index contributed by atoms with van der Waals surface area (Å²) in [5.41, 5.74) is 3.39. The molecule has 0 saturated heterocycles. The zero-order valence-corrected chi connectivity index (χ0v) is 16.2. The maximum Gasteiger partial charge on any atom is 0.191 e. The van der Waals surface area contributed by atoms with E-state index < -0.39 is 24.1 Å². The van der Waals surface area contributed by atoms with Crippen molar-refractivity contribution in [1.29, 1.82) is 0 Å². The van der Waals surface area contributed by atoms with Gasteiger partial charge in [0.05, 0.1) is 0 Å². The number of aliphatic hydroxyl groups is 1. The summed E-state index contributed by atoms with van der Waals surface area (Å²) < 4.78 is 47.4. The highest BCUT2D eigenvalue weighted by molar-refractivity contribution is 7.10. The van der Waals surface area contributed by atoms with Gasteiger partial charge in [0.25, 0.3) is 0 Å². The molecule has 3 aromatic rings. The molecule has 0 aliphatic heterocycles. The van der Waals surface area contributed by atoms with Gasteiger partial charge in [-0.15, -0.1) is 11.3 Å². The zero-order valence-electron chi connectivity index (χ0n) is 15.3. The fraction of sp³-hybridized carbons (Fsp3) is 0.286. The predicted molar refractivity (Wildman–Crippen MR) is 103 cm³/mol. The molecule has 0 amide bonds. The van der Waals surface area contributed by atoms with Gasteiger partial charge in [-0.1, -0.05) is 6.07 Å². The number of thiophene rings is 1. The fourth-order valence-electron chi connectivity index (χ4n) is 2.88. The van der Waals surface area contributed by atoms with Crippen LogP contribution in [0.25, 0.3) is 11.1 Å². The molecular formula is C21H20F3NO2S. The highest BCUT2D eigenvalue weighted by Crippen LogP contribution is 2.34. The number of aryl methyl sites for hydroxylation is 2. The molecule has 0 radical (unpaired) electrons. The SMILES string of the molecule is Cc1ccc(-c2csc(CF)c2COc2c(F)cc(CCCO)cc2F)cn1. The summed E-state index contributed by atoms with van der Waals surface area (Å²) in [6, 6.07) is 6.11. The van der Waals surface area contributed by atoms with E-state index in [4.69, 9.17) is 9.84 Å². The molecule has 0 aliphatic carbocycles. The smallest absolute Gasteiger partial charge is 0.191 e. The van der Waals surface area contributed by atoms with Gasteiger partial charge in [0, 0.05) is 40.1 Å². The van der Waals surface area contributed by atoms with E-state index in [1.807, 2.05) is 19.1 Å². The third-order valence-electron chi connectivity index (χ3n) is 4.37. The number of pyridine rings is 1. The van der Waals surface area contributed by atoms with Crippen molar-refractivity contribution in [3.63, 3.8) is 0 Å². The van der Waals surface area contributed by atoms with Gasteiger partial charge in [-0.05, 0) is 48.9 Å². The number of benzene rings is 1. The number of aromatic nitrogens is 1. The van der Waals surface area contributed by atoms with Gasteiger partial charge in [0.15, 0.2) is 17.4 Å². The molecule has 0 saturated carbocycles. The Morgan fingerprint density at radius 1 is 1.18 bits per heavy atom. The van der Waals surface area contributed by atoms with Crippen LogP contribution in [-0.4, -0.2) is 16.7 Å². The van der Waals surface area contributed by atoms with Crippen LogP contribution < -0.4 is 4.74 Å². The molecular weight excluding hydrogens is 387 g/mol. The molecule has 0 atom stereocenters. The maximum atomic E-state index is 14.3. The van der Waals surface area contributed by atoms with Gasteiger partial charge in [-0.2, -0.15) is 0 Å². The topological polar surface area (TPSA) is 42.4 Å². The Kier molecular flexibility index (Phi) is 6.70. The van der Waals surface area contributed by atoms with Crippen LogP contribution >= 0.6 is 11.3 Å². The van der Waals surface area contributed by atoms with E-state index in [0.29, 0.717) is 28.8 Å². The summed E-state index contributed by atoms with van der Waals surface area (Å²) in [6.45, 7) is 0.968. The molecule has 0 bridgehead atoms. The second-order valence-corrected chi connectivity index (χ2v) is 7.34. The third-order valence-corrected chi connectivity index (χ3v) is 5.36. The van der Waals surface area contributed by atoms with Crippen molar-refractivity contribution in [2.24, 2.45) is 0 Å². The minimum atomic E-state index is -0.816. The Labute approximate surface area is 165 Å². The minimum Gasteiger partial charge on any atom is -0.483 e. The Morgan fingerprint density at radius 3 is 2.54 bits per heavy atom. The highest BCUT2D eigenvalue weighted by atomic mass is 32.1. The van der Waals surface area contributed by atoms with Crippen molar-refractivity contribution in [3.05, 3.63) is 69.2 Å². The van der Waals surface area contributed by atoms with E-state index in [1.165, 1.54) is 23.5 Å². The van der Waals surface area contributed by atoms with Crippen LogP contribution in [-0.2, 0) is 19.7 Å². The molecule has 2 heterocycles. The third kappa shape index (κ3) is 4.54. The number of alkyl halides is 1. The van der Waals surface area contributed by atoms with Gasteiger partial charge < -0.3 is 9.84 Å². The average molecular weight is 407 g/mol. The van der Waals surface area contributed by atoms with Crippen LogP contribution in [0.15, 0.2) is 35.8 Å². The van der Waals surface area contributed by atoms with E-state index in [-0.39, 0.29) is 13.2 Å². The lowest BCUT2D eigenvalue weighted by atomic mass is 10.0. The Balaban J connectivity index is 1.85. The lowest BCUT2D eigenvalue weighted by Gasteiger charge is -2.12. The zero-order chi connectivity index (χ0) is 20.1. The molecule has 148 valence electrons. The second-order valence-electron chi connectivity index (χ2n) is 6.38. The van der Waals surface area contributed by atoms with Crippen LogP contribution in [0.2, 0.25) is 0 Å². The first-order valence-electron chi connectivity index (χ1n) is 8.83. The molecule has 0 fully saturated rings. The van der Waals surface area contributed by atoms with Crippen molar-refractivity contribution < 1.29 is 23.0 Å². The van der Waals surface area contributed by atoms with Crippen LogP contribution in [0, 0.1) is 18.6 Å². The second kappa shape index (κ2) is 9.21. The number of ether oxygens (including phenoxy) is 1. The van der Waals surface area contributed by atoms with Crippen molar-refractivity contribution in [3.8, 4) is 16.9 Å². The molecule has 3 rings (SSSR count). The van der Waals surface area contributed by atoms with Gasteiger partial charge in [0.2, 0.25) is 0 Å². The Bertz CT molecular complexity index is 918. The van der Waals surface area contributed by atoms with Crippen LogP contribution in [0.1, 0.15) is 28.1 Å². The van der Waals surface area contributed by atoms with E-state index in [0.717, 1.165) is 16.8 Å².